The van der Waals surface area contributed by atoms with Crippen LogP contribution < -0.4 is 0 Å². The predicted molar refractivity (Wildman–Crippen MR) is 128 cm³/mol. The molecule has 5 heteroatoms. The van der Waals surface area contributed by atoms with Gasteiger partial charge in [0.15, 0.2) is 0 Å². The van der Waals surface area contributed by atoms with E-state index in [1.807, 2.05) is 48.5 Å². The fourth-order valence-corrected chi connectivity index (χ4v) is 5.19. The van der Waals surface area contributed by atoms with Crippen molar-refractivity contribution in [2.75, 3.05) is 13.1 Å². The van der Waals surface area contributed by atoms with Crippen molar-refractivity contribution in [3.63, 3.8) is 0 Å². The normalized spacial score (nSPS) is 15.6. The van der Waals surface area contributed by atoms with Gasteiger partial charge in [-0.3, -0.25) is 4.90 Å². The van der Waals surface area contributed by atoms with Crippen molar-refractivity contribution in [1.82, 2.24) is 4.90 Å². The Labute approximate surface area is 200 Å². The van der Waals surface area contributed by atoms with E-state index >= 15 is 0 Å². The molecule has 168 valence electrons. The molecule has 1 saturated heterocycles. The van der Waals surface area contributed by atoms with Gasteiger partial charge in [-0.2, -0.15) is 15.8 Å². The van der Waals surface area contributed by atoms with Crippen molar-refractivity contribution in [2.24, 2.45) is 11.8 Å². The van der Waals surface area contributed by atoms with Crippen molar-refractivity contribution >= 4 is 0 Å². The summed E-state index contributed by atoms with van der Waals surface area (Å²) < 4.78 is 14.2. The Balaban J connectivity index is 1.64. The molecule has 0 unspecified atom stereocenters. The SMILES string of the molecule is CC(C)[C@H](c1cc(F)cc(C#N)c1)C1CN([C@@H](c2ccc(C#N)cc2)c2cccc(C#N)c2)C1. The molecule has 1 aliphatic heterocycles. The number of hydrogen-bond donors (Lipinski definition) is 0. The fourth-order valence-electron chi connectivity index (χ4n) is 5.19. The van der Waals surface area contributed by atoms with Gasteiger partial charge in [0.2, 0.25) is 0 Å². The summed E-state index contributed by atoms with van der Waals surface area (Å²) in [5.74, 6) is 0.356. The zero-order valence-corrected chi connectivity index (χ0v) is 19.2. The largest absolute Gasteiger partial charge is 0.292 e. The third-order valence-corrected chi connectivity index (χ3v) is 6.65. The van der Waals surface area contributed by atoms with Crippen LogP contribution in [0.5, 0.6) is 0 Å². The first kappa shape index (κ1) is 23.2. The van der Waals surface area contributed by atoms with Crippen LogP contribution in [-0.4, -0.2) is 18.0 Å². The Hall–Kier alpha value is -3.98. The van der Waals surface area contributed by atoms with E-state index in [-0.39, 0.29) is 23.7 Å². The summed E-state index contributed by atoms with van der Waals surface area (Å²) in [6.45, 7) is 5.89. The van der Waals surface area contributed by atoms with E-state index in [4.69, 9.17) is 0 Å². The van der Waals surface area contributed by atoms with Gasteiger partial charge in [-0.15, -0.1) is 0 Å². The highest BCUT2D eigenvalue weighted by molar-refractivity contribution is 5.42. The van der Waals surface area contributed by atoms with Crippen molar-refractivity contribution < 1.29 is 4.39 Å². The first-order valence-corrected chi connectivity index (χ1v) is 11.4. The number of benzene rings is 3. The Kier molecular flexibility index (Phi) is 6.74. The van der Waals surface area contributed by atoms with Crippen molar-refractivity contribution in [3.8, 4) is 18.2 Å². The zero-order valence-electron chi connectivity index (χ0n) is 19.2. The topological polar surface area (TPSA) is 74.6 Å². The number of likely N-dealkylation sites (tertiary alicyclic amines) is 1. The molecule has 1 fully saturated rings. The minimum Gasteiger partial charge on any atom is -0.292 e. The van der Waals surface area contributed by atoms with E-state index in [1.165, 1.54) is 6.07 Å². The van der Waals surface area contributed by atoms with Crippen LogP contribution in [0, 0.1) is 51.6 Å². The Morgan fingerprint density at radius 1 is 0.765 bits per heavy atom. The van der Waals surface area contributed by atoms with Gasteiger partial charge in [0, 0.05) is 13.1 Å². The molecule has 0 saturated carbocycles. The predicted octanol–water partition coefficient (Wildman–Crippen LogP) is 5.90. The second kappa shape index (κ2) is 9.88. The maximum Gasteiger partial charge on any atom is 0.124 e. The highest BCUT2D eigenvalue weighted by Crippen LogP contribution is 2.43. The second-order valence-corrected chi connectivity index (χ2v) is 9.24. The third kappa shape index (κ3) is 4.69. The van der Waals surface area contributed by atoms with Crippen LogP contribution in [-0.2, 0) is 0 Å². The molecule has 0 aliphatic carbocycles. The summed E-state index contributed by atoms with van der Waals surface area (Å²) >= 11 is 0. The lowest BCUT2D eigenvalue weighted by molar-refractivity contribution is 0.0411. The standard InChI is InChI=1S/C29H25FN4/c1-19(2)28(25-11-22(16-33)12-27(30)13-25)26-17-34(18-26)29(23-8-6-20(14-31)7-9-23)24-5-3-4-21(10-24)15-32/h3-13,19,26,28-29H,17-18H2,1-2H3/t28-,29+/m1/s1. The van der Waals surface area contributed by atoms with Crippen LogP contribution in [0.25, 0.3) is 0 Å². The van der Waals surface area contributed by atoms with Gasteiger partial charge in [0.05, 0.1) is 40.9 Å². The van der Waals surface area contributed by atoms with Gasteiger partial charge < -0.3 is 0 Å². The van der Waals surface area contributed by atoms with E-state index in [0.717, 1.165) is 29.8 Å². The summed E-state index contributed by atoms with van der Waals surface area (Å²) in [5.41, 5.74) is 4.52. The maximum atomic E-state index is 14.2. The number of hydrogen-bond acceptors (Lipinski definition) is 4. The Morgan fingerprint density at radius 2 is 1.41 bits per heavy atom. The summed E-state index contributed by atoms with van der Waals surface area (Å²) in [4.78, 5) is 2.36. The van der Waals surface area contributed by atoms with Gasteiger partial charge >= 0.3 is 0 Å². The van der Waals surface area contributed by atoms with Gasteiger partial charge in [0.1, 0.15) is 5.82 Å². The summed E-state index contributed by atoms with van der Waals surface area (Å²) in [6, 6.07) is 26.3. The lowest BCUT2D eigenvalue weighted by atomic mass is 9.73. The molecule has 34 heavy (non-hydrogen) atoms. The van der Waals surface area contributed by atoms with Gasteiger partial charge in [0.25, 0.3) is 0 Å². The summed E-state index contributed by atoms with van der Waals surface area (Å²) in [7, 11) is 0. The Morgan fingerprint density at radius 3 is 2.03 bits per heavy atom. The van der Waals surface area contributed by atoms with E-state index in [9.17, 15) is 20.2 Å². The molecule has 3 aromatic carbocycles. The molecule has 1 heterocycles. The molecule has 0 bridgehead atoms. The third-order valence-electron chi connectivity index (χ3n) is 6.65. The van der Waals surface area contributed by atoms with E-state index in [2.05, 4.69) is 37.0 Å². The number of halogens is 1. The molecule has 0 radical (unpaired) electrons. The van der Waals surface area contributed by atoms with Gasteiger partial charge in [-0.25, -0.2) is 4.39 Å². The molecular formula is C29H25FN4. The van der Waals surface area contributed by atoms with Crippen LogP contribution in [0.4, 0.5) is 4.39 Å². The molecule has 0 aromatic heterocycles. The average molecular weight is 449 g/mol. The highest BCUT2D eigenvalue weighted by Gasteiger charge is 2.40. The minimum atomic E-state index is -0.375. The maximum absolute atomic E-state index is 14.2. The first-order valence-electron chi connectivity index (χ1n) is 11.4. The quantitative estimate of drug-likeness (QED) is 0.470. The molecule has 0 N–H and O–H groups in total. The first-order chi connectivity index (χ1) is 16.4. The number of nitriles is 3. The zero-order chi connectivity index (χ0) is 24.2. The van der Waals surface area contributed by atoms with Crippen LogP contribution in [0.2, 0.25) is 0 Å². The highest BCUT2D eigenvalue weighted by atomic mass is 19.1. The molecule has 4 nitrogen and oxygen atoms in total. The molecule has 0 amide bonds. The number of rotatable bonds is 6. The van der Waals surface area contributed by atoms with Crippen LogP contribution in [0.15, 0.2) is 66.7 Å². The van der Waals surface area contributed by atoms with Crippen molar-refractivity contribution in [1.29, 1.82) is 15.8 Å². The lowest BCUT2D eigenvalue weighted by Crippen LogP contribution is -2.51. The number of nitrogens with zero attached hydrogens (tertiary/aromatic N) is 4. The molecule has 1 aliphatic rings. The molecular weight excluding hydrogens is 423 g/mol. The van der Waals surface area contributed by atoms with E-state index < -0.39 is 0 Å². The smallest absolute Gasteiger partial charge is 0.124 e. The van der Waals surface area contributed by atoms with E-state index in [0.29, 0.717) is 22.6 Å². The monoisotopic (exact) mass is 448 g/mol. The lowest BCUT2D eigenvalue weighted by Gasteiger charge is -2.49. The van der Waals surface area contributed by atoms with Crippen LogP contribution in [0.3, 0.4) is 0 Å². The molecule has 3 aromatic rings. The summed E-state index contributed by atoms with van der Waals surface area (Å²) in [5, 5.41) is 27.9. The summed E-state index contributed by atoms with van der Waals surface area (Å²) in [6.07, 6.45) is 0. The van der Waals surface area contributed by atoms with Crippen LogP contribution in [0.1, 0.15) is 59.2 Å². The molecule has 2 atom stereocenters. The Bertz CT molecular complexity index is 1300. The fraction of sp³-hybridized carbons (Fsp3) is 0.276. The molecule has 4 rings (SSSR count). The average Bonchev–Trinajstić information content (AvgIpc) is 2.82. The van der Waals surface area contributed by atoms with Crippen LogP contribution >= 0.6 is 0 Å². The minimum absolute atomic E-state index is 0.0488. The van der Waals surface area contributed by atoms with Gasteiger partial charge in [-0.05, 0) is 76.9 Å². The van der Waals surface area contributed by atoms with Gasteiger partial charge in [-0.1, -0.05) is 38.1 Å². The second-order valence-electron chi connectivity index (χ2n) is 9.24. The van der Waals surface area contributed by atoms with Crippen molar-refractivity contribution in [3.05, 3.63) is 106 Å². The van der Waals surface area contributed by atoms with Crippen molar-refractivity contribution in [2.45, 2.75) is 25.8 Å². The molecule has 0 spiro atoms. The van der Waals surface area contributed by atoms with E-state index in [1.54, 1.807) is 12.1 Å².